The molecule has 0 atom stereocenters. The number of benzene rings is 1. The molecule has 0 bridgehead atoms. The predicted octanol–water partition coefficient (Wildman–Crippen LogP) is 2.26. The van der Waals surface area contributed by atoms with Gasteiger partial charge in [0.2, 0.25) is 10.0 Å². The third-order valence-corrected chi connectivity index (χ3v) is 7.36. The summed E-state index contributed by atoms with van der Waals surface area (Å²) in [5.74, 6) is 2.01. The van der Waals surface area contributed by atoms with E-state index < -0.39 is 10.0 Å². The van der Waals surface area contributed by atoms with Gasteiger partial charge < -0.3 is 10.6 Å². The Kier molecular flexibility index (Phi) is 10.5. The number of aliphatic imine (C=N–C) groups is 1. The minimum Gasteiger partial charge on any atom is -0.356 e. The maximum absolute atomic E-state index is 13.5. The smallest absolute Gasteiger partial charge is 0.215 e. The Balaban J connectivity index is 0.00000392. The lowest BCUT2D eigenvalue weighted by Crippen LogP contribution is -2.46. The van der Waals surface area contributed by atoms with Gasteiger partial charge in [-0.15, -0.1) is 24.0 Å². The number of hydrogen-bond acceptors (Lipinski definition) is 4. The van der Waals surface area contributed by atoms with Crippen LogP contribution in [0, 0.1) is 5.82 Å². The highest BCUT2D eigenvalue weighted by Gasteiger charge is 2.24. The lowest BCUT2D eigenvalue weighted by atomic mass is 9.84. The van der Waals surface area contributed by atoms with Crippen LogP contribution in [-0.4, -0.2) is 69.2 Å². The van der Waals surface area contributed by atoms with E-state index in [1.165, 1.54) is 12.1 Å². The number of thioether (sulfide) groups is 1. The number of nitrogens with one attached hydrogen (secondary N) is 2. The fourth-order valence-corrected chi connectivity index (χ4v) is 5.28. The normalized spacial score (nSPS) is 16.4. The summed E-state index contributed by atoms with van der Waals surface area (Å²) >= 11 is 1.78. The minimum absolute atomic E-state index is 0. The maximum atomic E-state index is 13.5. The molecule has 28 heavy (non-hydrogen) atoms. The van der Waals surface area contributed by atoms with Crippen LogP contribution in [0.1, 0.15) is 19.4 Å². The summed E-state index contributed by atoms with van der Waals surface area (Å²) in [5.41, 5.74) is 0.577. The Hall–Kier alpha value is -0.590. The molecule has 2 rings (SSSR count). The predicted molar refractivity (Wildman–Crippen MR) is 127 cm³/mol. The van der Waals surface area contributed by atoms with Crippen molar-refractivity contribution < 1.29 is 12.8 Å². The second-order valence-electron chi connectivity index (χ2n) is 7.07. The summed E-state index contributed by atoms with van der Waals surface area (Å²) in [7, 11) is -1.61. The average Bonchev–Trinajstić information content (AvgIpc) is 2.65. The lowest BCUT2D eigenvalue weighted by Gasteiger charge is -2.27. The first-order chi connectivity index (χ1) is 12.7. The van der Waals surface area contributed by atoms with Crippen LogP contribution in [0.5, 0.6) is 0 Å². The number of hydrogen-bond donors (Lipinski definition) is 2. The monoisotopic (exact) mass is 544 g/mol. The molecular formula is C18H30FIN4O2S2. The van der Waals surface area contributed by atoms with Gasteiger partial charge in [0, 0.05) is 50.1 Å². The summed E-state index contributed by atoms with van der Waals surface area (Å²) < 4.78 is 39.8. The average molecular weight is 545 g/mol. The van der Waals surface area contributed by atoms with Gasteiger partial charge in [0.1, 0.15) is 5.82 Å². The molecule has 2 N–H and O–H groups in total. The highest BCUT2D eigenvalue weighted by atomic mass is 127. The van der Waals surface area contributed by atoms with Gasteiger partial charge in [-0.05, 0) is 17.7 Å². The van der Waals surface area contributed by atoms with Gasteiger partial charge in [-0.2, -0.15) is 11.8 Å². The SMILES string of the molecule is CN=C(NCCS(=O)(=O)N1CCSCC1)NCC(C)(C)c1cccc(F)c1.I. The van der Waals surface area contributed by atoms with Crippen molar-refractivity contribution in [2.45, 2.75) is 19.3 Å². The van der Waals surface area contributed by atoms with Crippen LogP contribution < -0.4 is 10.6 Å². The molecule has 160 valence electrons. The number of nitrogens with zero attached hydrogens (tertiary/aromatic N) is 2. The van der Waals surface area contributed by atoms with E-state index >= 15 is 0 Å². The van der Waals surface area contributed by atoms with Crippen molar-refractivity contribution in [3.8, 4) is 0 Å². The highest BCUT2D eigenvalue weighted by Crippen LogP contribution is 2.22. The molecule has 1 aromatic rings. The molecule has 0 amide bonds. The fourth-order valence-electron chi connectivity index (χ4n) is 2.79. The third-order valence-electron chi connectivity index (χ3n) is 4.54. The zero-order valence-electron chi connectivity index (χ0n) is 16.6. The number of halogens is 2. The van der Waals surface area contributed by atoms with Crippen molar-refractivity contribution in [3.63, 3.8) is 0 Å². The van der Waals surface area contributed by atoms with Crippen molar-refractivity contribution in [2.24, 2.45) is 4.99 Å². The Morgan fingerprint density at radius 1 is 1.29 bits per heavy atom. The number of guanidine groups is 1. The summed E-state index contributed by atoms with van der Waals surface area (Å²) in [6.45, 7) is 6.02. The Morgan fingerprint density at radius 2 is 1.96 bits per heavy atom. The summed E-state index contributed by atoms with van der Waals surface area (Å²) in [6.07, 6.45) is 0. The number of sulfonamides is 1. The Bertz CT molecular complexity index is 754. The quantitative estimate of drug-likeness (QED) is 0.313. The Morgan fingerprint density at radius 3 is 2.57 bits per heavy atom. The van der Waals surface area contributed by atoms with E-state index in [1.54, 1.807) is 29.2 Å². The van der Waals surface area contributed by atoms with Gasteiger partial charge in [-0.25, -0.2) is 17.1 Å². The summed E-state index contributed by atoms with van der Waals surface area (Å²) in [6, 6.07) is 6.55. The molecule has 0 saturated carbocycles. The standard InChI is InChI=1S/C18H29FN4O2S2.HI/c1-18(2,15-5-4-6-16(19)13-15)14-22-17(20-3)21-7-12-27(24,25)23-8-10-26-11-9-23;/h4-6,13H,7-12,14H2,1-3H3,(H2,20,21,22);1H. The van der Waals surface area contributed by atoms with Gasteiger partial charge in [0.25, 0.3) is 0 Å². The first-order valence-corrected chi connectivity index (χ1v) is 11.8. The molecule has 1 saturated heterocycles. The summed E-state index contributed by atoms with van der Waals surface area (Å²) in [4.78, 5) is 4.14. The van der Waals surface area contributed by atoms with Crippen LogP contribution in [0.25, 0.3) is 0 Å². The zero-order valence-corrected chi connectivity index (χ0v) is 20.5. The van der Waals surface area contributed by atoms with Crippen molar-refractivity contribution >= 4 is 51.7 Å². The first kappa shape index (κ1) is 25.4. The van der Waals surface area contributed by atoms with Crippen LogP contribution >= 0.6 is 35.7 Å². The molecule has 0 unspecified atom stereocenters. The van der Waals surface area contributed by atoms with Crippen molar-refractivity contribution in [1.82, 2.24) is 14.9 Å². The van der Waals surface area contributed by atoms with E-state index in [9.17, 15) is 12.8 Å². The van der Waals surface area contributed by atoms with Crippen molar-refractivity contribution in [2.75, 3.05) is 50.5 Å². The van der Waals surface area contributed by atoms with E-state index in [0.717, 1.165) is 17.1 Å². The topological polar surface area (TPSA) is 73.8 Å². The fraction of sp³-hybridized carbons (Fsp3) is 0.611. The molecule has 0 aromatic heterocycles. The molecule has 0 radical (unpaired) electrons. The summed E-state index contributed by atoms with van der Waals surface area (Å²) in [5, 5.41) is 6.25. The van der Waals surface area contributed by atoms with Gasteiger partial charge in [-0.1, -0.05) is 26.0 Å². The maximum Gasteiger partial charge on any atom is 0.215 e. The van der Waals surface area contributed by atoms with E-state index in [4.69, 9.17) is 0 Å². The molecule has 1 aromatic carbocycles. The van der Waals surface area contributed by atoms with Crippen LogP contribution in [-0.2, 0) is 15.4 Å². The second kappa shape index (κ2) is 11.6. The Labute approximate surface area is 189 Å². The molecular weight excluding hydrogens is 514 g/mol. The highest BCUT2D eigenvalue weighted by molar-refractivity contribution is 14.0. The van der Waals surface area contributed by atoms with Crippen LogP contribution in [0.2, 0.25) is 0 Å². The van der Waals surface area contributed by atoms with E-state index in [-0.39, 0.29) is 47.5 Å². The molecule has 1 heterocycles. The van der Waals surface area contributed by atoms with Gasteiger partial charge in [0.05, 0.1) is 5.75 Å². The minimum atomic E-state index is -3.25. The van der Waals surface area contributed by atoms with E-state index in [0.29, 0.717) is 25.6 Å². The van der Waals surface area contributed by atoms with E-state index in [1.807, 2.05) is 19.9 Å². The molecule has 1 aliphatic heterocycles. The zero-order chi connectivity index (χ0) is 19.9. The molecule has 0 spiro atoms. The molecule has 1 fully saturated rings. The second-order valence-corrected chi connectivity index (χ2v) is 10.4. The third kappa shape index (κ3) is 7.68. The van der Waals surface area contributed by atoms with Crippen molar-refractivity contribution in [1.29, 1.82) is 0 Å². The lowest BCUT2D eigenvalue weighted by molar-refractivity contribution is 0.443. The van der Waals surface area contributed by atoms with Crippen LogP contribution in [0.3, 0.4) is 0 Å². The van der Waals surface area contributed by atoms with Gasteiger partial charge in [0.15, 0.2) is 5.96 Å². The van der Waals surface area contributed by atoms with Crippen LogP contribution in [0.15, 0.2) is 29.3 Å². The van der Waals surface area contributed by atoms with Crippen LogP contribution in [0.4, 0.5) is 4.39 Å². The molecule has 1 aliphatic rings. The van der Waals surface area contributed by atoms with E-state index in [2.05, 4.69) is 15.6 Å². The van der Waals surface area contributed by atoms with Gasteiger partial charge in [-0.3, -0.25) is 4.99 Å². The molecule has 6 nitrogen and oxygen atoms in total. The van der Waals surface area contributed by atoms with Crippen molar-refractivity contribution in [3.05, 3.63) is 35.6 Å². The molecule has 0 aliphatic carbocycles. The molecule has 10 heteroatoms. The van der Waals surface area contributed by atoms with Gasteiger partial charge >= 0.3 is 0 Å². The first-order valence-electron chi connectivity index (χ1n) is 9.01. The number of rotatable bonds is 7. The largest absolute Gasteiger partial charge is 0.356 e.